The lowest BCUT2D eigenvalue weighted by Gasteiger charge is -2.41. The topological polar surface area (TPSA) is 32.3 Å². The highest BCUT2D eigenvalue weighted by molar-refractivity contribution is 6.36. The fraction of sp³-hybridized carbons (Fsp3) is 0.588. The molecule has 1 N–H and O–H groups in total. The van der Waals surface area contributed by atoms with Gasteiger partial charge in [0, 0.05) is 11.6 Å². The van der Waals surface area contributed by atoms with Crippen molar-refractivity contribution >= 4 is 34.8 Å². The minimum absolute atomic E-state index is 0.00141. The zero-order valence-corrected chi connectivity index (χ0v) is 14.2. The summed E-state index contributed by atoms with van der Waals surface area (Å²) in [5, 5.41) is 3.94. The van der Waals surface area contributed by atoms with Crippen LogP contribution < -0.4 is 5.32 Å². The van der Waals surface area contributed by atoms with Crippen molar-refractivity contribution in [2.75, 3.05) is 25.0 Å². The van der Waals surface area contributed by atoms with E-state index in [1.165, 1.54) is 32.1 Å². The van der Waals surface area contributed by atoms with Gasteiger partial charge in [0.2, 0.25) is 5.91 Å². The molecule has 1 saturated carbocycles. The van der Waals surface area contributed by atoms with Crippen LogP contribution in [0.2, 0.25) is 10.0 Å². The van der Waals surface area contributed by atoms with E-state index in [0.717, 1.165) is 24.9 Å². The second-order valence-corrected chi connectivity index (χ2v) is 7.34. The van der Waals surface area contributed by atoms with Gasteiger partial charge in [-0.05, 0) is 49.4 Å². The largest absolute Gasteiger partial charge is 0.324 e. The van der Waals surface area contributed by atoms with Gasteiger partial charge < -0.3 is 5.32 Å². The van der Waals surface area contributed by atoms with E-state index in [4.69, 9.17) is 23.2 Å². The van der Waals surface area contributed by atoms with Crippen molar-refractivity contribution in [2.45, 2.75) is 32.1 Å². The van der Waals surface area contributed by atoms with Crippen molar-refractivity contribution < 1.29 is 4.79 Å². The molecule has 0 radical (unpaired) electrons. The number of hydrogen-bond acceptors (Lipinski definition) is 2. The maximum Gasteiger partial charge on any atom is 0.238 e. The molecule has 1 aromatic carbocycles. The van der Waals surface area contributed by atoms with Crippen LogP contribution in [0.1, 0.15) is 32.1 Å². The van der Waals surface area contributed by atoms with Crippen LogP contribution in [0, 0.1) is 11.8 Å². The lowest BCUT2D eigenvalue weighted by molar-refractivity contribution is -0.118. The molecule has 0 aromatic heterocycles. The molecule has 1 aliphatic carbocycles. The van der Waals surface area contributed by atoms with E-state index in [9.17, 15) is 4.79 Å². The van der Waals surface area contributed by atoms with Crippen molar-refractivity contribution in [3.8, 4) is 0 Å². The first-order valence-corrected chi connectivity index (χ1v) is 8.84. The molecule has 5 heteroatoms. The Balaban J connectivity index is 1.53. The highest BCUT2D eigenvalue weighted by atomic mass is 35.5. The van der Waals surface area contributed by atoms with Crippen LogP contribution in [0.4, 0.5) is 5.69 Å². The number of amides is 1. The Labute approximate surface area is 142 Å². The van der Waals surface area contributed by atoms with E-state index < -0.39 is 0 Å². The van der Waals surface area contributed by atoms with Crippen molar-refractivity contribution in [1.29, 1.82) is 0 Å². The monoisotopic (exact) mass is 340 g/mol. The number of fused-ring (bicyclic) bond motifs is 1. The molecule has 2 aliphatic rings. The maximum atomic E-state index is 12.2. The van der Waals surface area contributed by atoms with Crippen molar-refractivity contribution in [3.05, 3.63) is 28.2 Å². The predicted octanol–water partition coefficient (Wildman–Crippen LogP) is 4.44. The van der Waals surface area contributed by atoms with Gasteiger partial charge in [-0.1, -0.05) is 42.5 Å². The van der Waals surface area contributed by atoms with Gasteiger partial charge >= 0.3 is 0 Å². The molecular formula is C17H22Cl2N2O. The second-order valence-electron chi connectivity index (χ2n) is 6.50. The molecule has 1 saturated heterocycles. The van der Waals surface area contributed by atoms with E-state index in [1.807, 2.05) is 0 Å². The van der Waals surface area contributed by atoms with Gasteiger partial charge in [-0.3, -0.25) is 9.69 Å². The predicted molar refractivity (Wildman–Crippen MR) is 91.6 cm³/mol. The minimum Gasteiger partial charge on any atom is -0.324 e. The average molecular weight is 341 g/mol. The third-order valence-corrected chi connectivity index (χ3v) is 5.50. The summed E-state index contributed by atoms with van der Waals surface area (Å²) in [6.07, 6.45) is 6.68. The van der Waals surface area contributed by atoms with E-state index in [1.54, 1.807) is 18.2 Å². The van der Waals surface area contributed by atoms with Crippen LogP contribution in [0.3, 0.4) is 0 Å². The molecule has 2 atom stereocenters. The SMILES string of the molecule is O=C(CN1CC[C@H]2CCCC[C@H]2C1)Nc1ccc(Cl)cc1Cl. The lowest BCUT2D eigenvalue weighted by atomic mass is 9.75. The fourth-order valence-corrected chi connectivity index (χ4v) is 4.26. The number of nitrogens with zero attached hydrogens (tertiary/aromatic N) is 1. The van der Waals surface area contributed by atoms with Crippen LogP contribution in [0.25, 0.3) is 0 Å². The van der Waals surface area contributed by atoms with Crippen LogP contribution in [0.5, 0.6) is 0 Å². The smallest absolute Gasteiger partial charge is 0.238 e. The first-order chi connectivity index (χ1) is 10.6. The van der Waals surface area contributed by atoms with E-state index in [-0.39, 0.29) is 5.91 Å². The number of rotatable bonds is 3. The molecule has 3 nitrogen and oxygen atoms in total. The number of nitrogens with one attached hydrogen (secondary N) is 1. The van der Waals surface area contributed by atoms with Gasteiger partial charge in [0.1, 0.15) is 0 Å². The van der Waals surface area contributed by atoms with Crippen LogP contribution in [-0.2, 0) is 4.79 Å². The molecule has 2 fully saturated rings. The molecule has 3 rings (SSSR count). The van der Waals surface area contributed by atoms with Crippen LogP contribution in [-0.4, -0.2) is 30.4 Å². The number of anilines is 1. The normalized spacial score (nSPS) is 25.5. The molecule has 1 aliphatic heterocycles. The van der Waals surface area contributed by atoms with Crippen molar-refractivity contribution in [2.24, 2.45) is 11.8 Å². The quantitative estimate of drug-likeness (QED) is 0.881. The molecule has 1 heterocycles. The molecule has 0 bridgehead atoms. The number of halogens is 2. The average Bonchev–Trinajstić information content (AvgIpc) is 2.50. The summed E-state index contributed by atoms with van der Waals surface area (Å²) in [6.45, 7) is 2.54. The summed E-state index contributed by atoms with van der Waals surface area (Å²) < 4.78 is 0. The van der Waals surface area contributed by atoms with Crippen LogP contribution >= 0.6 is 23.2 Å². The number of carbonyl (C=O) groups excluding carboxylic acids is 1. The summed E-state index contributed by atoms with van der Waals surface area (Å²) in [6, 6.07) is 5.12. The zero-order valence-electron chi connectivity index (χ0n) is 12.7. The van der Waals surface area contributed by atoms with Gasteiger partial charge in [-0.15, -0.1) is 0 Å². The Kier molecular flexibility index (Phi) is 5.27. The standard InChI is InChI=1S/C17H22Cl2N2O/c18-14-5-6-16(15(19)9-14)20-17(22)11-21-8-7-12-3-1-2-4-13(12)10-21/h5-6,9,12-13H,1-4,7-8,10-11H2,(H,20,22)/t12-,13+/m1/s1. The summed E-state index contributed by atoms with van der Waals surface area (Å²) in [5.41, 5.74) is 0.628. The van der Waals surface area contributed by atoms with Gasteiger partial charge in [0.15, 0.2) is 0 Å². The first kappa shape index (κ1) is 16.1. The summed E-state index contributed by atoms with van der Waals surface area (Å²) in [7, 11) is 0. The summed E-state index contributed by atoms with van der Waals surface area (Å²) >= 11 is 12.0. The van der Waals surface area contributed by atoms with Gasteiger partial charge in [0.05, 0.1) is 17.3 Å². The molecule has 120 valence electrons. The fourth-order valence-electron chi connectivity index (χ4n) is 3.80. The number of piperidine rings is 1. The highest BCUT2D eigenvalue weighted by Crippen LogP contribution is 2.36. The Hall–Kier alpha value is -0.770. The third-order valence-electron chi connectivity index (χ3n) is 4.95. The number of carbonyl (C=O) groups is 1. The number of likely N-dealkylation sites (tertiary alicyclic amines) is 1. The van der Waals surface area contributed by atoms with Gasteiger partial charge in [-0.2, -0.15) is 0 Å². The van der Waals surface area contributed by atoms with Gasteiger partial charge in [0.25, 0.3) is 0 Å². The molecule has 1 aromatic rings. The third kappa shape index (κ3) is 3.95. The highest BCUT2D eigenvalue weighted by Gasteiger charge is 2.31. The molecule has 22 heavy (non-hydrogen) atoms. The maximum absolute atomic E-state index is 12.2. The first-order valence-electron chi connectivity index (χ1n) is 8.09. The summed E-state index contributed by atoms with van der Waals surface area (Å²) in [4.78, 5) is 14.5. The number of hydrogen-bond donors (Lipinski definition) is 1. The Morgan fingerprint density at radius 3 is 2.73 bits per heavy atom. The molecule has 0 unspecified atom stereocenters. The summed E-state index contributed by atoms with van der Waals surface area (Å²) in [5.74, 6) is 1.67. The Morgan fingerprint density at radius 2 is 1.95 bits per heavy atom. The lowest BCUT2D eigenvalue weighted by Crippen LogP contribution is -2.44. The van der Waals surface area contributed by atoms with Crippen LogP contribution in [0.15, 0.2) is 18.2 Å². The van der Waals surface area contributed by atoms with E-state index in [2.05, 4.69) is 10.2 Å². The molecular weight excluding hydrogens is 319 g/mol. The Bertz CT molecular complexity index is 549. The van der Waals surface area contributed by atoms with Crippen molar-refractivity contribution in [1.82, 2.24) is 4.90 Å². The van der Waals surface area contributed by atoms with E-state index in [0.29, 0.717) is 22.3 Å². The number of benzene rings is 1. The van der Waals surface area contributed by atoms with Gasteiger partial charge in [-0.25, -0.2) is 0 Å². The Morgan fingerprint density at radius 1 is 1.18 bits per heavy atom. The zero-order chi connectivity index (χ0) is 15.5. The molecule has 1 amide bonds. The van der Waals surface area contributed by atoms with E-state index >= 15 is 0 Å². The van der Waals surface area contributed by atoms with Crippen molar-refractivity contribution in [3.63, 3.8) is 0 Å². The molecule has 0 spiro atoms. The minimum atomic E-state index is -0.00141. The second kappa shape index (κ2) is 7.20.